The van der Waals surface area contributed by atoms with E-state index in [0.29, 0.717) is 45.9 Å². The molecule has 10 heteroatoms. The average molecular weight is 441 g/mol. The van der Waals surface area contributed by atoms with Crippen LogP contribution >= 0.6 is 11.8 Å². The molecule has 0 saturated carbocycles. The van der Waals surface area contributed by atoms with Gasteiger partial charge in [-0.3, -0.25) is 23.3 Å². The third-order valence-electron chi connectivity index (χ3n) is 5.23. The Morgan fingerprint density at radius 3 is 2.55 bits per heavy atom. The molecule has 4 aromatic rings. The van der Waals surface area contributed by atoms with Crippen LogP contribution < -0.4 is 16.8 Å². The van der Waals surface area contributed by atoms with E-state index in [1.54, 1.807) is 29.3 Å². The molecule has 31 heavy (non-hydrogen) atoms. The SMILES string of the molecule is CCCn1c(SCCCn2c(=O)c3c(ncn3C)n(C)c2=O)nc2ccccc2c1=O. The minimum atomic E-state index is -0.382. The van der Waals surface area contributed by atoms with Crippen LogP contribution in [0.3, 0.4) is 0 Å². The van der Waals surface area contributed by atoms with Crippen LogP contribution in [0.1, 0.15) is 19.8 Å². The summed E-state index contributed by atoms with van der Waals surface area (Å²) in [6.07, 6.45) is 2.94. The Hall–Kier alpha value is -3.14. The highest BCUT2D eigenvalue weighted by Crippen LogP contribution is 2.19. The smallest absolute Gasteiger partial charge is 0.328 e. The van der Waals surface area contributed by atoms with Crippen LogP contribution in [0.2, 0.25) is 0 Å². The van der Waals surface area contributed by atoms with Gasteiger partial charge < -0.3 is 4.57 Å². The van der Waals surface area contributed by atoms with E-state index < -0.39 is 0 Å². The molecule has 3 aromatic heterocycles. The summed E-state index contributed by atoms with van der Waals surface area (Å²) in [5, 5.41) is 1.27. The molecular weight excluding hydrogens is 416 g/mol. The van der Waals surface area contributed by atoms with Crippen LogP contribution in [-0.4, -0.2) is 34.0 Å². The predicted molar refractivity (Wildman–Crippen MR) is 122 cm³/mol. The summed E-state index contributed by atoms with van der Waals surface area (Å²) in [7, 11) is 3.35. The Morgan fingerprint density at radius 2 is 1.77 bits per heavy atom. The topological polar surface area (TPSA) is 96.7 Å². The lowest BCUT2D eigenvalue weighted by molar-refractivity contribution is 0.580. The van der Waals surface area contributed by atoms with E-state index in [0.717, 1.165) is 6.42 Å². The Labute approximate surface area is 182 Å². The normalized spacial score (nSPS) is 11.6. The molecule has 0 aliphatic carbocycles. The molecule has 162 valence electrons. The van der Waals surface area contributed by atoms with Gasteiger partial charge in [0.25, 0.3) is 11.1 Å². The maximum atomic E-state index is 12.9. The Balaban J connectivity index is 1.57. The molecule has 0 amide bonds. The van der Waals surface area contributed by atoms with Crippen LogP contribution in [0.4, 0.5) is 0 Å². The first kappa shape index (κ1) is 21.1. The summed E-state index contributed by atoms with van der Waals surface area (Å²) in [6, 6.07) is 7.33. The first-order valence-corrected chi connectivity index (χ1v) is 11.2. The van der Waals surface area contributed by atoms with Gasteiger partial charge in [0.15, 0.2) is 16.3 Å². The van der Waals surface area contributed by atoms with Crippen molar-refractivity contribution in [3.05, 3.63) is 61.8 Å². The van der Waals surface area contributed by atoms with E-state index in [-0.39, 0.29) is 23.4 Å². The molecule has 0 bridgehead atoms. The van der Waals surface area contributed by atoms with Crippen molar-refractivity contribution in [1.82, 2.24) is 28.2 Å². The molecule has 0 aliphatic rings. The lowest BCUT2D eigenvalue weighted by Gasteiger charge is -2.12. The fraction of sp³-hybridized carbons (Fsp3) is 0.381. The zero-order valence-corrected chi connectivity index (χ0v) is 18.6. The maximum absolute atomic E-state index is 12.9. The largest absolute Gasteiger partial charge is 0.332 e. The fourth-order valence-electron chi connectivity index (χ4n) is 3.66. The Kier molecular flexibility index (Phi) is 5.81. The number of imidazole rings is 1. The fourth-order valence-corrected chi connectivity index (χ4v) is 4.61. The third-order valence-corrected chi connectivity index (χ3v) is 6.29. The number of rotatable bonds is 7. The van der Waals surface area contributed by atoms with Crippen LogP contribution in [-0.2, 0) is 27.2 Å². The molecule has 0 unspecified atom stereocenters. The number of thioether (sulfide) groups is 1. The number of benzene rings is 1. The van der Waals surface area contributed by atoms with Crippen LogP contribution in [0.15, 0.2) is 50.1 Å². The van der Waals surface area contributed by atoms with Gasteiger partial charge >= 0.3 is 5.69 Å². The third kappa shape index (κ3) is 3.71. The summed E-state index contributed by atoms with van der Waals surface area (Å²) in [4.78, 5) is 47.1. The molecule has 0 radical (unpaired) electrons. The van der Waals surface area contributed by atoms with Crippen molar-refractivity contribution in [2.75, 3.05) is 5.75 Å². The summed E-state index contributed by atoms with van der Waals surface area (Å²) in [5.41, 5.74) is 0.702. The highest BCUT2D eigenvalue weighted by molar-refractivity contribution is 7.99. The molecular formula is C21H24N6O3S. The molecule has 0 N–H and O–H groups in total. The standard InChI is InChI=1S/C21H24N6O3S/c1-4-10-26-18(28)14-8-5-6-9-15(14)23-20(26)31-12-7-11-27-19(29)16-17(22-13-24(16)2)25(3)21(27)30/h5-6,8-9,13H,4,7,10-12H2,1-3H3. The summed E-state index contributed by atoms with van der Waals surface area (Å²) < 4.78 is 5.98. The van der Waals surface area contributed by atoms with Gasteiger partial charge in [-0.25, -0.2) is 14.8 Å². The van der Waals surface area contributed by atoms with Gasteiger partial charge in [0, 0.05) is 32.9 Å². The second kappa shape index (κ2) is 8.54. The van der Waals surface area contributed by atoms with Gasteiger partial charge in [-0.1, -0.05) is 30.8 Å². The van der Waals surface area contributed by atoms with Crippen LogP contribution in [0.5, 0.6) is 0 Å². The summed E-state index contributed by atoms with van der Waals surface area (Å²) in [5.74, 6) is 0.619. The van der Waals surface area contributed by atoms with Crippen molar-refractivity contribution < 1.29 is 0 Å². The van der Waals surface area contributed by atoms with E-state index in [1.807, 2.05) is 25.1 Å². The van der Waals surface area contributed by atoms with Gasteiger partial charge in [0.05, 0.1) is 17.2 Å². The van der Waals surface area contributed by atoms with Gasteiger partial charge in [-0.15, -0.1) is 0 Å². The number of aryl methyl sites for hydroxylation is 2. The minimum Gasteiger partial charge on any atom is -0.328 e. The van der Waals surface area contributed by atoms with E-state index in [9.17, 15) is 14.4 Å². The molecule has 4 rings (SSSR count). The average Bonchev–Trinajstić information content (AvgIpc) is 3.16. The molecule has 0 spiro atoms. The Bertz CT molecular complexity index is 1450. The lowest BCUT2D eigenvalue weighted by atomic mass is 10.2. The zero-order valence-electron chi connectivity index (χ0n) is 17.7. The lowest BCUT2D eigenvalue weighted by Crippen LogP contribution is -2.39. The van der Waals surface area contributed by atoms with Crippen molar-refractivity contribution >= 4 is 33.8 Å². The second-order valence-corrected chi connectivity index (χ2v) is 8.46. The quantitative estimate of drug-likeness (QED) is 0.247. The predicted octanol–water partition coefficient (Wildman–Crippen LogP) is 1.74. The molecule has 0 aliphatic heterocycles. The molecule has 0 atom stereocenters. The van der Waals surface area contributed by atoms with E-state index in [1.165, 1.54) is 27.2 Å². The highest BCUT2D eigenvalue weighted by Gasteiger charge is 2.15. The van der Waals surface area contributed by atoms with Crippen molar-refractivity contribution in [3.63, 3.8) is 0 Å². The first-order chi connectivity index (χ1) is 14.9. The Morgan fingerprint density at radius 1 is 1.00 bits per heavy atom. The molecule has 1 aromatic carbocycles. The van der Waals surface area contributed by atoms with Crippen LogP contribution in [0, 0.1) is 0 Å². The second-order valence-electron chi connectivity index (χ2n) is 7.40. The van der Waals surface area contributed by atoms with E-state index >= 15 is 0 Å². The number of hydrogen-bond donors (Lipinski definition) is 0. The van der Waals surface area contributed by atoms with Gasteiger partial charge in [-0.05, 0) is 25.0 Å². The van der Waals surface area contributed by atoms with Crippen molar-refractivity contribution in [2.24, 2.45) is 14.1 Å². The van der Waals surface area contributed by atoms with Gasteiger partial charge in [-0.2, -0.15) is 0 Å². The number of fused-ring (bicyclic) bond motifs is 2. The zero-order chi connectivity index (χ0) is 22.1. The molecule has 0 saturated heterocycles. The molecule has 9 nitrogen and oxygen atoms in total. The molecule has 0 fully saturated rings. The van der Waals surface area contributed by atoms with Crippen LogP contribution in [0.25, 0.3) is 22.1 Å². The highest BCUT2D eigenvalue weighted by atomic mass is 32.2. The molecule has 3 heterocycles. The minimum absolute atomic E-state index is 0.0401. The summed E-state index contributed by atoms with van der Waals surface area (Å²) in [6.45, 7) is 2.90. The first-order valence-electron chi connectivity index (χ1n) is 10.2. The summed E-state index contributed by atoms with van der Waals surface area (Å²) >= 11 is 1.47. The number of para-hydroxylation sites is 1. The van der Waals surface area contributed by atoms with Crippen molar-refractivity contribution in [3.8, 4) is 0 Å². The van der Waals surface area contributed by atoms with E-state index in [2.05, 4.69) is 9.97 Å². The van der Waals surface area contributed by atoms with Crippen molar-refractivity contribution in [2.45, 2.75) is 38.0 Å². The number of hydrogen-bond acceptors (Lipinski definition) is 6. The van der Waals surface area contributed by atoms with Gasteiger partial charge in [0.1, 0.15) is 0 Å². The van der Waals surface area contributed by atoms with Gasteiger partial charge in [0.2, 0.25) is 0 Å². The number of nitrogens with zero attached hydrogens (tertiary/aromatic N) is 6. The maximum Gasteiger partial charge on any atom is 0.332 e. The monoisotopic (exact) mass is 440 g/mol. The number of aromatic nitrogens is 6. The van der Waals surface area contributed by atoms with Crippen molar-refractivity contribution in [1.29, 1.82) is 0 Å². The van der Waals surface area contributed by atoms with E-state index in [4.69, 9.17) is 0 Å².